The Hall–Kier alpha value is -2.74. The number of carboxylic acids is 1. The van der Waals surface area contributed by atoms with Crippen molar-refractivity contribution in [3.63, 3.8) is 0 Å². The summed E-state index contributed by atoms with van der Waals surface area (Å²) in [7, 11) is 1.46. The number of carboxylic acid groups (broad SMARTS) is 1. The van der Waals surface area contributed by atoms with Crippen LogP contribution in [0, 0.1) is 11.2 Å². The first-order valence-electron chi connectivity index (χ1n) is 9.33. The molecule has 0 bridgehead atoms. The molecule has 1 unspecified atom stereocenters. The lowest BCUT2D eigenvalue weighted by molar-refractivity contribution is -0.151. The van der Waals surface area contributed by atoms with E-state index in [-0.39, 0.29) is 24.9 Å². The second kappa shape index (κ2) is 7.01. The molecule has 1 fully saturated rings. The number of amides is 1. The molecule has 2 aliphatic rings. The van der Waals surface area contributed by atoms with E-state index in [0.717, 1.165) is 30.5 Å². The molecule has 2 heterocycles. The number of ether oxygens (including phenoxy) is 1. The maximum absolute atomic E-state index is 13.3. The fourth-order valence-electron chi connectivity index (χ4n) is 4.23. The molecule has 148 valence electrons. The number of methoxy groups -OCH3 is 1. The Morgan fingerprint density at radius 1 is 1.29 bits per heavy atom. The first-order chi connectivity index (χ1) is 13.4. The van der Waals surface area contributed by atoms with Crippen LogP contribution in [0.3, 0.4) is 0 Å². The molecule has 7 nitrogen and oxygen atoms in total. The van der Waals surface area contributed by atoms with Crippen LogP contribution in [0.2, 0.25) is 0 Å². The molecule has 0 saturated carbocycles. The second-order valence-corrected chi connectivity index (χ2v) is 7.51. The zero-order valence-electron chi connectivity index (χ0n) is 15.7. The summed E-state index contributed by atoms with van der Waals surface area (Å²) in [6, 6.07) is 6.01. The van der Waals surface area contributed by atoms with Crippen LogP contribution in [0.25, 0.3) is 5.69 Å². The Bertz CT molecular complexity index is 924. The molecule has 8 heteroatoms. The molecule has 1 aliphatic heterocycles. The average Bonchev–Trinajstić information content (AvgIpc) is 3.37. The van der Waals surface area contributed by atoms with E-state index < -0.39 is 11.4 Å². The summed E-state index contributed by atoms with van der Waals surface area (Å²) in [6.07, 6.45) is 2.84. The molecular formula is C20H22FN3O4. The van der Waals surface area contributed by atoms with Gasteiger partial charge in [0.2, 0.25) is 0 Å². The molecule has 1 aromatic carbocycles. The standard InChI is InChI=1S/C20H22FN3O4/c1-28-12-20(19(26)27)9-10-23(11-20)18(25)17-15-3-2-4-16(15)24(22-17)14-7-5-13(21)6-8-14/h5-8H,2-4,9-12H2,1H3,(H,26,27). The van der Waals surface area contributed by atoms with Crippen LogP contribution in [0.4, 0.5) is 4.39 Å². The number of fused-ring (bicyclic) bond motifs is 1. The SMILES string of the molecule is COCC1(C(=O)O)CCN(C(=O)c2nn(-c3ccc(F)cc3)c3c2CCC3)C1. The van der Waals surface area contributed by atoms with Gasteiger partial charge >= 0.3 is 5.97 Å². The van der Waals surface area contributed by atoms with Crippen molar-refractivity contribution in [1.82, 2.24) is 14.7 Å². The number of aliphatic carboxylic acids is 1. The van der Waals surface area contributed by atoms with E-state index in [1.165, 1.54) is 19.2 Å². The smallest absolute Gasteiger partial charge is 0.313 e. The van der Waals surface area contributed by atoms with Gasteiger partial charge in [0.05, 0.1) is 12.3 Å². The van der Waals surface area contributed by atoms with Gasteiger partial charge < -0.3 is 14.7 Å². The molecule has 0 spiro atoms. The highest BCUT2D eigenvalue weighted by Crippen LogP contribution is 2.34. The van der Waals surface area contributed by atoms with Crippen molar-refractivity contribution < 1.29 is 23.8 Å². The van der Waals surface area contributed by atoms with Gasteiger partial charge in [0.15, 0.2) is 5.69 Å². The van der Waals surface area contributed by atoms with Gasteiger partial charge in [-0.05, 0) is 49.9 Å². The lowest BCUT2D eigenvalue weighted by Gasteiger charge is -2.23. The topological polar surface area (TPSA) is 84.7 Å². The Kier molecular flexibility index (Phi) is 4.66. The Balaban J connectivity index is 1.65. The number of aromatic nitrogens is 2. The van der Waals surface area contributed by atoms with Gasteiger partial charge in [-0.15, -0.1) is 0 Å². The normalized spacial score (nSPS) is 21.1. The predicted octanol–water partition coefficient (Wildman–Crippen LogP) is 2.06. The van der Waals surface area contributed by atoms with Gasteiger partial charge in [0.1, 0.15) is 11.2 Å². The number of hydrogen-bond acceptors (Lipinski definition) is 4. The number of carbonyl (C=O) groups is 2. The number of nitrogens with zero attached hydrogens (tertiary/aromatic N) is 3. The van der Waals surface area contributed by atoms with Crippen LogP contribution in [0.1, 0.15) is 34.6 Å². The van der Waals surface area contributed by atoms with E-state index in [2.05, 4.69) is 5.10 Å². The van der Waals surface area contributed by atoms with E-state index in [4.69, 9.17) is 4.74 Å². The molecule has 2 aromatic rings. The summed E-state index contributed by atoms with van der Waals surface area (Å²) >= 11 is 0. The van der Waals surface area contributed by atoms with Gasteiger partial charge in [0, 0.05) is 31.5 Å². The molecule has 1 atom stereocenters. The maximum atomic E-state index is 13.3. The van der Waals surface area contributed by atoms with Gasteiger partial charge in [0.25, 0.3) is 5.91 Å². The van der Waals surface area contributed by atoms with E-state index in [1.54, 1.807) is 21.7 Å². The Morgan fingerprint density at radius 2 is 2.04 bits per heavy atom. The second-order valence-electron chi connectivity index (χ2n) is 7.51. The summed E-state index contributed by atoms with van der Waals surface area (Å²) < 4.78 is 20.1. The molecule has 1 amide bonds. The van der Waals surface area contributed by atoms with Gasteiger partial charge in [-0.2, -0.15) is 5.10 Å². The van der Waals surface area contributed by atoms with Crippen LogP contribution in [0.15, 0.2) is 24.3 Å². The summed E-state index contributed by atoms with van der Waals surface area (Å²) in [5.41, 5.74) is 1.88. The summed E-state index contributed by atoms with van der Waals surface area (Å²) in [5.74, 6) is -1.53. The van der Waals surface area contributed by atoms with E-state index >= 15 is 0 Å². The van der Waals surface area contributed by atoms with Crippen molar-refractivity contribution in [2.24, 2.45) is 5.41 Å². The molecule has 28 heavy (non-hydrogen) atoms. The van der Waals surface area contributed by atoms with Crippen molar-refractivity contribution in [1.29, 1.82) is 0 Å². The minimum atomic E-state index is -1.08. The fraction of sp³-hybridized carbons (Fsp3) is 0.450. The van der Waals surface area contributed by atoms with Crippen molar-refractivity contribution in [3.05, 3.63) is 47.0 Å². The third-order valence-corrected chi connectivity index (χ3v) is 5.72. The number of benzene rings is 1. The number of likely N-dealkylation sites (tertiary alicyclic amines) is 1. The van der Waals surface area contributed by atoms with Crippen molar-refractivity contribution >= 4 is 11.9 Å². The first-order valence-corrected chi connectivity index (χ1v) is 9.33. The Morgan fingerprint density at radius 3 is 2.71 bits per heavy atom. The Labute approximate surface area is 161 Å². The van der Waals surface area contributed by atoms with Gasteiger partial charge in [-0.1, -0.05) is 0 Å². The van der Waals surface area contributed by atoms with Crippen LogP contribution >= 0.6 is 0 Å². The quantitative estimate of drug-likeness (QED) is 0.849. The third kappa shape index (κ3) is 2.97. The number of halogens is 1. The maximum Gasteiger partial charge on any atom is 0.313 e. The van der Waals surface area contributed by atoms with Gasteiger partial charge in [-0.3, -0.25) is 9.59 Å². The number of hydrogen-bond donors (Lipinski definition) is 1. The highest BCUT2D eigenvalue weighted by molar-refractivity contribution is 5.95. The number of carbonyl (C=O) groups excluding carboxylic acids is 1. The average molecular weight is 387 g/mol. The highest BCUT2D eigenvalue weighted by Gasteiger charge is 2.47. The fourth-order valence-corrected chi connectivity index (χ4v) is 4.23. The largest absolute Gasteiger partial charge is 0.481 e. The lowest BCUT2D eigenvalue weighted by Crippen LogP contribution is -2.40. The predicted molar refractivity (Wildman–Crippen MR) is 98.0 cm³/mol. The van der Waals surface area contributed by atoms with Crippen molar-refractivity contribution in [3.8, 4) is 5.69 Å². The summed E-state index contributed by atoms with van der Waals surface area (Å²) in [5, 5.41) is 14.2. The van der Waals surface area contributed by atoms with Crippen LogP contribution in [0.5, 0.6) is 0 Å². The highest BCUT2D eigenvalue weighted by atomic mass is 19.1. The summed E-state index contributed by atoms with van der Waals surface area (Å²) in [6.45, 7) is 0.522. The minimum Gasteiger partial charge on any atom is -0.481 e. The molecule has 1 aromatic heterocycles. The lowest BCUT2D eigenvalue weighted by atomic mass is 9.88. The van der Waals surface area contributed by atoms with Crippen LogP contribution in [-0.4, -0.2) is 58.5 Å². The molecule has 1 saturated heterocycles. The molecule has 1 aliphatic carbocycles. The van der Waals surface area contributed by atoms with Crippen LogP contribution < -0.4 is 0 Å². The number of rotatable bonds is 5. The molecular weight excluding hydrogens is 365 g/mol. The van der Waals surface area contributed by atoms with E-state index in [0.29, 0.717) is 24.3 Å². The molecule has 4 rings (SSSR count). The van der Waals surface area contributed by atoms with E-state index in [1.807, 2.05) is 0 Å². The monoisotopic (exact) mass is 387 g/mol. The molecule has 1 N–H and O–H groups in total. The first kappa shape index (κ1) is 18.6. The van der Waals surface area contributed by atoms with Crippen LogP contribution in [-0.2, 0) is 22.4 Å². The third-order valence-electron chi connectivity index (χ3n) is 5.72. The van der Waals surface area contributed by atoms with Crippen molar-refractivity contribution in [2.45, 2.75) is 25.7 Å². The minimum absolute atomic E-state index is 0.0637. The zero-order chi connectivity index (χ0) is 19.9. The van der Waals surface area contributed by atoms with Crippen molar-refractivity contribution in [2.75, 3.05) is 26.8 Å². The van der Waals surface area contributed by atoms with E-state index in [9.17, 15) is 19.1 Å². The van der Waals surface area contributed by atoms with Gasteiger partial charge in [-0.25, -0.2) is 9.07 Å². The zero-order valence-corrected chi connectivity index (χ0v) is 15.7. The molecule has 0 radical (unpaired) electrons. The summed E-state index contributed by atoms with van der Waals surface area (Å²) in [4.78, 5) is 26.5.